The van der Waals surface area contributed by atoms with Crippen LogP contribution >= 0.6 is 27.7 Å². The quantitative estimate of drug-likeness (QED) is 0.447. The van der Waals surface area contributed by atoms with E-state index in [0.29, 0.717) is 20.7 Å². The second-order valence-corrected chi connectivity index (χ2v) is 7.68. The molecule has 0 aliphatic carbocycles. The Labute approximate surface area is 175 Å². The summed E-state index contributed by atoms with van der Waals surface area (Å²) in [6.07, 6.45) is 3.19. The van der Waals surface area contributed by atoms with Crippen LogP contribution in [0.2, 0.25) is 0 Å². The van der Waals surface area contributed by atoms with Gasteiger partial charge in [0.05, 0.1) is 21.0 Å². The smallest absolute Gasteiger partial charge is 0.293 e. The van der Waals surface area contributed by atoms with Crippen molar-refractivity contribution in [1.82, 2.24) is 4.90 Å². The van der Waals surface area contributed by atoms with E-state index in [1.54, 1.807) is 24.3 Å². The zero-order valence-corrected chi connectivity index (χ0v) is 17.1. The van der Waals surface area contributed by atoms with Gasteiger partial charge in [-0.2, -0.15) is 5.26 Å². The maximum absolute atomic E-state index is 12.3. The summed E-state index contributed by atoms with van der Waals surface area (Å²) < 4.78 is 6.52. The highest BCUT2D eigenvalue weighted by atomic mass is 79.9. The molecular formula is C21H15BrN2O3S. The molecule has 1 aliphatic rings. The average molecular weight is 455 g/mol. The molecule has 0 aromatic heterocycles. The van der Waals surface area contributed by atoms with Crippen LogP contribution < -0.4 is 4.74 Å². The third-order valence-electron chi connectivity index (χ3n) is 3.96. The third kappa shape index (κ3) is 4.35. The van der Waals surface area contributed by atoms with Crippen molar-refractivity contribution in [1.29, 1.82) is 5.26 Å². The molecule has 0 saturated carbocycles. The van der Waals surface area contributed by atoms with Crippen molar-refractivity contribution < 1.29 is 14.3 Å². The number of carbonyl (C=O) groups is 2. The van der Waals surface area contributed by atoms with Gasteiger partial charge in [0.2, 0.25) is 0 Å². The Bertz CT molecular complexity index is 1030. The van der Waals surface area contributed by atoms with Crippen molar-refractivity contribution in [3.8, 4) is 11.8 Å². The molecule has 0 unspecified atom stereocenters. The summed E-state index contributed by atoms with van der Waals surface area (Å²) in [6, 6.07) is 14.8. The number of nitriles is 1. The average Bonchev–Trinajstić information content (AvgIpc) is 2.95. The fraction of sp³-hybridized carbons (Fsp3) is 0.0952. The van der Waals surface area contributed by atoms with Crippen LogP contribution in [0.4, 0.5) is 4.79 Å². The zero-order chi connectivity index (χ0) is 20.1. The molecule has 0 atom stereocenters. The molecule has 1 saturated heterocycles. The van der Waals surface area contributed by atoms with Crippen molar-refractivity contribution in [2.45, 2.75) is 6.61 Å². The molecule has 2 aromatic rings. The van der Waals surface area contributed by atoms with E-state index in [9.17, 15) is 9.59 Å². The van der Waals surface area contributed by atoms with Crippen molar-refractivity contribution in [3.63, 3.8) is 0 Å². The number of thioether (sulfide) groups is 1. The first-order valence-corrected chi connectivity index (χ1v) is 9.91. The van der Waals surface area contributed by atoms with Crippen LogP contribution in [0, 0.1) is 11.3 Å². The van der Waals surface area contributed by atoms with Crippen molar-refractivity contribution in [2.24, 2.45) is 0 Å². The van der Waals surface area contributed by atoms with Gasteiger partial charge < -0.3 is 4.74 Å². The van der Waals surface area contributed by atoms with Crippen molar-refractivity contribution in [2.75, 3.05) is 6.54 Å². The molecular weight excluding hydrogens is 440 g/mol. The topological polar surface area (TPSA) is 70.4 Å². The fourth-order valence-electron chi connectivity index (χ4n) is 2.57. The van der Waals surface area contributed by atoms with E-state index in [-0.39, 0.29) is 24.3 Å². The minimum atomic E-state index is -0.320. The fourth-order valence-corrected chi connectivity index (χ4v) is 3.93. The Kier molecular flexibility index (Phi) is 6.34. The summed E-state index contributed by atoms with van der Waals surface area (Å²) in [7, 11) is 0. The van der Waals surface area contributed by atoms with E-state index >= 15 is 0 Å². The van der Waals surface area contributed by atoms with Crippen molar-refractivity contribution in [3.05, 3.63) is 81.2 Å². The first-order chi connectivity index (χ1) is 13.5. The summed E-state index contributed by atoms with van der Waals surface area (Å²) in [4.78, 5) is 25.7. The van der Waals surface area contributed by atoms with E-state index < -0.39 is 0 Å². The number of imide groups is 1. The first-order valence-electron chi connectivity index (χ1n) is 8.30. The number of carbonyl (C=O) groups excluding carboxylic acids is 2. The third-order valence-corrected chi connectivity index (χ3v) is 5.49. The van der Waals surface area contributed by atoms with Crippen molar-refractivity contribution >= 4 is 44.9 Å². The number of ether oxygens (including phenoxy) is 1. The second-order valence-electron chi connectivity index (χ2n) is 5.83. The van der Waals surface area contributed by atoms with Gasteiger partial charge in [0.25, 0.3) is 11.1 Å². The van der Waals surface area contributed by atoms with Gasteiger partial charge in [-0.15, -0.1) is 6.58 Å². The predicted molar refractivity (Wildman–Crippen MR) is 113 cm³/mol. The van der Waals surface area contributed by atoms with Gasteiger partial charge in [0.15, 0.2) is 0 Å². The van der Waals surface area contributed by atoms with Crippen LogP contribution in [-0.2, 0) is 11.4 Å². The highest BCUT2D eigenvalue weighted by molar-refractivity contribution is 9.10. The van der Waals surface area contributed by atoms with E-state index in [1.165, 1.54) is 6.08 Å². The number of amides is 2. The van der Waals surface area contributed by atoms with Gasteiger partial charge in [-0.3, -0.25) is 14.5 Å². The molecule has 28 heavy (non-hydrogen) atoms. The monoisotopic (exact) mass is 454 g/mol. The summed E-state index contributed by atoms with van der Waals surface area (Å²) in [5.41, 5.74) is 2.14. The molecule has 0 N–H and O–H groups in total. The number of hydrogen-bond donors (Lipinski definition) is 0. The summed E-state index contributed by atoms with van der Waals surface area (Å²) in [5.74, 6) is 0.295. The van der Waals surface area contributed by atoms with Gasteiger partial charge >= 0.3 is 0 Å². The van der Waals surface area contributed by atoms with Crippen LogP contribution in [-0.4, -0.2) is 22.6 Å². The lowest BCUT2D eigenvalue weighted by molar-refractivity contribution is -0.122. The van der Waals surface area contributed by atoms with E-state index in [0.717, 1.165) is 27.8 Å². The lowest BCUT2D eigenvalue weighted by Crippen LogP contribution is -2.27. The lowest BCUT2D eigenvalue weighted by atomic mass is 10.1. The molecule has 3 rings (SSSR count). The maximum atomic E-state index is 12.3. The van der Waals surface area contributed by atoms with Gasteiger partial charge in [-0.05, 0) is 57.5 Å². The predicted octanol–water partition coefficient (Wildman–Crippen LogP) is 5.12. The Morgan fingerprint density at radius 3 is 2.75 bits per heavy atom. The zero-order valence-electron chi connectivity index (χ0n) is 14.7. The second kappa shape index (κ2) is 8.91. The molecule has 0 bridgehead atoms. The number of hydrogen-bond acceptors (Lipinski definition) is 5. The molecule has 2 amide bonds. The normalized spacial score (nSPS) is 15.0. The van der Waals surface area contributed by atoms with Crippen LogP contribution in [0.5, 0.6) is 5.75 Å². The van der Waals surface area contributed by atoms with Gasteiger partial charge in [0.1, 0.15) is 12.4 Å². The SMILES string of the molecule is C=CCN1C(=O)S/C(=C/c2ccc(OCc3ccccc3C#N)c(Br)c2)C1=O. The van der Waals surface area contributed by atoms with E-state index in [4.69, 9.17) is 10.00 Å². The number of nitrogens with zero attached hydrogens (tertiary/aromatic N) is 2. The minimum absolute atomic E-state index is 0.197. The molecule has 1 fully saturated rings. The number of benzene rings is 2. The van der Waals surface area contributed by atoms with Crippen LogP contribution in [0.15, 0.2) is 64.5 Å². The molecule has 0 spiro atoms. The standard InChI is InChI=1S/C21H15BrN2O3S/c1-2-9-24-20(25)19(28-21(24)26)11-14-7-8-18(17(22)10-14)27-13-16-6-4-3-5-15(16)12-23/h2-8,10-11H,1,9,13H2/b19-11+. The molecule has 0 radical (unpaired) electrons. The number of rotatable bonds is 6. The highest BCUT2D eigenvalue weighted by Crippen LogP contribution is 2.34. The molecule has 2 aromatic carbocycles. The molecule has 5 nitrogen and oxygen atoms in total. The van der Waals surface area contributed by atoms with E-state index in [1.807, 2.05) is 24.3 Å². The highest BCUT2D eigenvalue weighted by Gasteiger charge is 2.34. The summed E-state index contributed by atoms with van der Waals surface area (Å²) >= 11 is 4.38. The number of halogens is 1. The molecule has 1 heterocycles. The largest absolute Gasteiger partial charge is 0.488 e. The van der Waals surface area contributed by atoms with Crippen LogP contribution in [0.3, 0.4) is 0 Å². The molecule has 1 aliphatic heterocycles. The Morgan fingerprint density at radius 1 is 1.25 bits per heavy atom. The maximum Gasteiger partial charge on any atom is 0.293 e. The molecule has 140 valence electrons. The Hall–Kier alpha value is -2.82. The molecule has 7 heteroatoms. The first kappa shape index (κ1) is 19.9. The van der Waals surface area contributed by atoms with Gasteiger partial charge in [-0.1, -0.05) is 30.3 Å². The van der Waals surface area contributed by atoms with E-state index in [2.05, 4.69) is 28.6 Å². The van der Waals surface area contributed by atoms with Crippen LogP contribution in [0.25, 0.3) is 6.08 Å². The van der Waals surface area contributed by atoms with Gasteiger partial charge in [-0.25, -0.2) is 0 Å². The lowest BCUT2D eigenvalue weighted by Gasteiger charge is -2.10. The Balaban J connectivity index is 1.74. The minimum Gasteiger partial charge on any atom is -0.488 e. The van der Waals surface area contributed by atoms with Crippen LogP contribution in [0.1, 0.15) is 16.7 Å². The Morgan fingerprint density at radius 2 is 2.04 bits per heavy atom. The summed E-state index contributed by atoms with van der Waals surface area (Å²) in [5, 5.41) is 8.85. The van der Waals surface area contributed by atoms with Gasteiger partial charge in [0, 0.05) is 12.1 Å². The summed E-state index contributed by atoms with van der Waals surface area (Å²) in [6.45, 7) is 4.02.